The van der Waals surface area contributed by atoms with E-state index in [0.29, 0.717) is 43.2 Å². The maximum atomic E-state index is 13.6. The lowest BCUT2D eigenvalue weighted by atomic mass is 9.88. The van der Waals surface area contributed by atoms with E-state index in [9.17, 15) is 19.1 Å². The molecule has 0 bridgehead atoms. The van der Waals surface area contributed by atoms with Crippen molar-refractivity contribution in [2.75, 3.05) is 27.4 Å². The Balaban J connectivity index is 1.85. The maximum Gasteiger partial charge on any atom is 0.341 e. The Morgan fingerprint density at radius 2 is 1.88 bits per heavy atom. The van der Waals surface area contributed by atoms with Gasteiger partial charge in [-0.1, -0.05) is 12.1 Å². The first-order chi connectivity index (χ1) is 15.9. The van der Waals surface area contributed by atoms with Gasteiger partial charge in [-0.05, 0) is 41.8 Å². The van der Waals surface area contributed by atoms with Crippen LogP contribution in [0.3, 0.4) is 0 Å². The van der Waals surface area contributed by atoms with Gasteiger partial charge in [-0.25, -0.2) is 9.18 Å². The average Bonchev–Trinajstić information content (AvgIpc) is 2.81. The molecule has 0 amide bonds. The van der Waals surface area contributed by atoms with Crippen LogP contribution < -0.4 is 14.9 Å². The zero-order chi connectivity index (χ0) is 23.5. The molecule has 1 unspecified atom stereocenters. The zero-order valence-corrected chi connectivity index (χ0v) is 18.3. The molecule has 0 aliphatic carbocycles. The van der Waals surface area contributed by atoms with Gasteiger partial charge in [0, 0.05) is 38.0 Å². The highest BCUT2D eigenvalue weighted by atomic mass is 19.1. The smallest absolute Gasteiger partial charge is 0.341 e. The van der Waals surface area contributed by atoms with Gasteiger partial charge in [-0.2, -0.15) is 0 Å². The normalized spacial score (nSPS) is 14.3. The lowest BCUT2D eigenvalue weighted by Gasteiger charge is -2.32. The minimum Gasteiger partial charge on any atom is -0.493 e. The third-order valence-corrected chi connectivity index (χ3v) is 5.73. The largest absolute Gasteiger partial charge is 0.493 e. The minimum absolute atomic E-state index is 0.320. The van der Waals surface area contributed by atoms with Gasteiger partial charge >= 0.3 is 5.97 Å². The quantitative estimate of drug-likeness (QED) is 0.520. The molecule has 1 aliphatic rings. The van der Waals surface area contributed by atoms with Crippen molar-refractivity contribution in [2.45, 2.75) is 18.9 Å². The molecule has 0 saturated heterocycles. The SMILES string of the molecule is COCCCOc1cc2c(cc1OC)-c1cc(=O)c(C(=O)O)cn1C(c1ccc(F)cc1)C2. The number of fused-ring (bicyclic) bond motifs is 3. The van der Waals surface area contributed by atoms with Gasteiger partial charge < -0.3 is 23.9 Å². The fourth-order valence-corrected chi connectivity index (χ4v) is 4.12. The molecule has 33 heavy (non-hydrogen) atoms. The Hall–Kier alpha value is -3.65. The molecule has 3 aromatic rings. The molecule has 1 aliphatic heterocycles. The Bertz CT molecular complexity index is 1230. The van der Waals surface area contributed by atoms with Crippen LogP contribution in [0, 0.1) is 5.82 Å². The molecular formula is C25H24FNO6. The number of hydrogen-bond acceptors (Lipinski definition) is 5. The Morgan fingerprint density at radius 3 is 2.55 bits per heavy atom. The first-order valence-electron chi connectivity index (χ1n) is 10.5. The predicted molar refractivity (Wildman–Crippen MR) is 120 cm³/mol. The van der Waals surface area contributed by atoms with Crippen molar-refractivity contribution < 1.29 is 28.5 Å². The summed E-state index contributed by atoms with van der Waals surface area (Å²) < 4.78 is 31.8. The number of carbonyl (C=O) groups is 1. The second-order valence-electron chi connectivity index (χ2n) is 7.78. The summed E-state index contributed by atoms with van der Waals surface area (Å²) in [7, 11) is 3.17. The molecule has 1 atom stereocenters. The van der Waals surface area contributed by atoms with Gasteiger partial charge in [0.05, 0.1) is 25.5 Å². The fraction of sp³-hybridized carbons (Fsp3) is 0.280. The van der Waals surface area contributed by atoms with Gasteiger partial charge in [0.1, 0.15) is 11.4 Å². The van der Waals surface area contributed by atoms with Crippen molar-refractivity contribution in [3.05, 3.63) is 81.4 Å². The summed E-state index contributed by atoms with van der Waals surface area (Å²) in [6.07, 6.45) is 2.57. The number of rotatable bonds is 8. The number of hydrogen-bond donors (Lipinski definition) is 1. The van der Waals surface area contributed by atoms with Crippen LogP contribution in [0.15, 0.2) is 53.5 Å². The molecule has 8 heteroatoms. The number of halogens is 1. The highest BCUT2D eigenvalue weighted by Crippen LogP contribution is 2.42. The third-order valence-electron chi connectivity index (χ3n) is 5.73. The fourth-order valence-electron chi connectivity index (χ4n) is 4.12. The molecular weight excluding hydrogens is 429 g/mol. The number of nitrogens with zero attached hydrogens (tertiary/aromatic N) is 1. The molecule has 0 saturated carbocycles. The van der Waals surface area contributed by atoms with Gasteiger partial charge in [0.15, 0.2) is 16.9 Å². The van der Waals surface area contributed by atoms with E-state index in [1.807, 2.05) is 6.07 Å². The van der Waals surface area contributed by atoms with E-state index < -0.39 is 11.4 Å². The lowest BCUT2D eigenvalue weighted by Crippen LogP contribution is -2.26. The molecule has 2 heterocycles. The van der Waals surface area contributed by atoms with Crippen LogP contribution in [0.25, 0.3) is 11.3 Å². The van der Waals surface area contributed by atoms with E-state index >= 15 is 0 Å². The summed E-state index contributed by atoms with van der Waals surface area (Å²) in [5, 5.41) is 9.49. The second kappa shape index (κ2) is 9.46. The van der Waals surface area contributed by atoms with E-state index in [-0.39, 0.29) is 17.4 Å². The van der Waals surface area contributed by atoms with Crippen molar-refractivity contribution >= 4 is 5.97 Å². The Labute approximate surface area is 190 Å². The number of pyridine rings is 1. The first-order valence-corrected chi connectivity index (χ1v) is 10.5. The Kier molecular flexibility index (Phi) is 6.46. The number of carboxylic acids is 1. The summed E-state index contributed by atoms with van der Waals surface area (Å²) in [6, 6.07) is 10.7. The molecule has 0 radical (unpaired) electrons. The van der Waals surface area contributed by atoms with Crippen LogP contribution in [0.2, 0.25) is 0 Å². The monoisotopic (exact) mass is 453 g/mol. The number of methoxy groups -OCH3 is 2. The second-order valence-corrected chi connectivity index (χ2v) is 7.78. The van der Waals surface area contributed by atoms with Crippen LogP contribution >= 0.6 is 0 Å². The number of benzene rings is 2. The number of carboxylic acid groups (broad SMARTS) is 1. The summed E-state index contributed by atoms with van der Waals surface area (Å²) >= 11 is 0. The molecule has 1 N–H and O–H groups in total. The lowest BCUT2D eigenvalue weighted by molar-refractivity contribution is 0.0694. The summed E-state index contributed by atoms with van der Waals surface area (Å²) in [5.41, 5.74) is 2.11. The van der Waals surface area contributed by atoms with E-state index in [0.717, 1.165) is 16.7 Å². The van der Waals surface area contributed by atoms with Crippen molar-refractivity contribution in [3.8, 4) is 22.8 Å². The van der Waals surface area contributed by atoms with Crippen LogP contribution in [-0.2, 0) is 11.2 Å². The molecule has 7 nitrogen and oxygen atoms in total. The van der Waals surface area contributed by atoms with Crippen LogP contribution in [0.1, 0.15) is 33.9 Å². The molecule has 0 fully saturated rings. The van der Waals surface area contributed by atoms with Gasteiger partial charge in [0.2, 0.25) is 0 Å². The molecule has 0 spiro atoms. The van der Waals surface area contributed by atoms with Crippen molar-refractivity contribution in [3.63, 3.8) is 0 Å². The minimum atomic E-state index is -1.30. The van der Waals surface area contributed by atoms with Crippen LogP contribution in [0.4, 0.5) is 4.39 Å². The van der Waals surface area contributed by atoms with Crippen molar-refractivity contribution in [1.29, 1.82) is 0 Å². The van der Waals surface area contributed by atoms with Gasteiger partial charge in [0.25, 0.3) is 0 Å². The van der Waals surface area contributed by atoms with E-state index in [1.54, 1.807) is 29.9 Å². The third kappa shape index (κ3) is 4.47. The summed E-state index contributed by atoms with van der Waals surface area (Å²) in [4.78, 5) is 24.2. The van der Waals surface area contributed by atoms with Gasteiger partial charge in [-0.15, -0.1) is 0 Å². The van der Waals surface area contributed by atoms with Gasteiger partial charge in [-0.3, -0.25) is 4.79 Å². The first kappa shape index (κ1) is 22.5. The Morgan fingerprint density at radius 1 is 1.12 bits per heavy atom. The maximum absolute atomic E-state index is 13.6. The highest BCUT2D eigenvalue weighted by molar-refractivity contribution is 5.88. The average molecular weight is 453 g/mol. The van der Waals surface area contributed by atoms with Crippen LogP contribution in [-0.4, -0.2) is 43.1 Å². The number of aromatic nitrogens is 1. The predicted octanol–water partition coefficient (Wildman–Crippen LogP) is 3.92. The number of aromatic carboxylic acids is 1. The summed E-state index contributed by atoms with van der Waals surface area (Å²) in [5.74, 6) is -0.579. The van der Waals surface area contributed by atoms with Crippen molar-refractivity contribution in [1.82, 2.24) is 4.57 Å². The molecule has 1 aromatic heterocycles. The van der Waals surface area contributed by atoms with E-state index in [4.69, 9.17) is 14.2 Å². The molecule has 4 rings (SSSR count). The van der Waals surface area contributed by atoms with E-state index in [2.05, 4.69) is 0 Å². The standard InChI is InChI=1S/C25H24FNO6/c1-31-8-3-9-33-24-11-16-10-20(15-4-6-17(26)7-5-15)27-14-19(25(29)30)22(28)13-21(27)18(16)12-23(24)32-2/h4-7,11-14,20H,3,8-10H2,1-2H3,(H,29,30). The van der Waals surface area contributed by atoms with Crippen LogP contribution in [0.5, 0.6) is 11.5 Å². The molecule has 2 aromatic carbocycles. The number of ether oxygens (including phenoxy) is 3. The zero-order valence-electron chi connectivity index (χ0n) is 18.3. The van der Waals surface area contributed by atoms with E-state index in [1.165, 1.54) is 31.5 Å². The topological polar surface area (TPSA) is 87.0 Å². The van der Waals surface area contributed by atoms with Crippen molar-refractivity contribution in [2.24, 2.45) is 0 Å². The summed E-state index contributed by atoms with van der Waals surface area (Å²) in [6.45, 7) is 1.02. The highest BCUT2D eigenvalue weighted by Gasteiger charge is 2.28. The molecule has 172 valence electrons.